The molecule has 0 aliphatic carbocycles. The van der Waals surface area contributed by atoms with E-state index >= 15 is 0 Å². The third-order valence-corrected chi connectivity index (χ3v) is 3.84. The van der Waals surface area contributed by atoms with Crippen LogP contribution in [0.15, 0.2) is 0 Å². The van der Waals surface area contributed by atoms with Crippen molar-refractivity contribution in [2.45, 2.75) is 44.8 Å². The molecule has 88 valence electrons. The third kappa shape index (κ3) is 3.16. The van der Waals surface area contributed by atoms with Gasteiger partial charge in [0.05, 0.1) is 6.10 Å². The molecule has 15 heavy (non-hydrogen) atoms. The Morgan fingerprint density at radius 3 is 2.87 bits per heavy atom. The van der Waals surface area contributed by atoms with Crippen LogP contribution < -0.4 is 5.73 Å². The van der Waals surface area contributed by atoms with Crippen LogP contribution in [-0.4, -0.2) is 43.3 Å². The maximum atomic E-state index is 6.09. The Labute approximate surface area is 93.0 Å². The molecule has 0 amide bonds. The lowest BCUT2D eigenvalue weighted by atomic mass is 9.94. The number of ether oxygens (including phenoxy) is 1. The van der Waals surface area contributed by atoms with Crippen LogP contribution in [0.3, 0.4) is 0 Å². The van der Waals surface area contributed by atoms with Gasteiger partial charge in [-0.25, -0.2) is 0 Å². The minimum absolute atomic E-state index is 0.363. The summed E-state index contributed by atoms with van der Waals surface area (Å²) in [7, 11) is 0. The molecule has 0 aromatic heterocycles. The molecule has 2 saturated heterocycles. The molecular formula is C12H24N2O. The second-order valence-electron chi connectivity index (χ2n) is 5.18. The van der Waals surface area contributed by atoms with Gasteiger partial charge >= 0.3 is 0 Å². The Kier molecular flexibility index (Phi) is 4.00. The zero-order valence-corrected chi connectivity index (χ0v) is 9.82. The van der Waals surface area contributed by atoms with Crippen molar-refractivity contribution in [1.29, 1.82) is 0 Å². The summed E-state index contributed by atoms with van der Waals surface area (Å²) >= 11 is 0. The monoisotopic (exact) mass is 212 g/mol. The van der Waals surface area contributed by atoms with Gasteiger partial charge in [0, 0.05) is 25.7 Å². The molecule has 2 heterocycles. The molecule has 0 aromatic carbocycles. The van der Waals surface area contributed by atoms with E-state index in [1.54, 1.807) is 0 Å². The fourth-order valence-electron chi connectivity index (χ4n) is 2.57. The van der Waals surface area contributed by atoms with Crippen LogP contribution in [0, 0.1) is 5.92 Å². The maximum Gasteiger partial charge on any atom is 0.0702 e. The molecule has 2 rings (SSSR count). The summed E-state index contributed by atoms with van der Waals surface area (Å²) in [6.07, 6.45) is 5.53. The molecule has 3 unspecified atom stereocenters. The van der Waals surface area contributed by atoms with Gasteiger partial charge < -0.3 is 10.5 Å². The van der Waals surface area contributed by atoms with Gasteiger partial charge in [-0.15, -0.1) is 0 Å². The summed E-state index contributed by atoms with van der Waals surface area (Å²) in [4.78, 5) is 2.49. The van der Waals surface area contributed by atoms with Gasteiger partial charge in [-0.05, 0) is 38.1 Å². The Bertz CT molecular complexity index is 192. The summed E-state index contributed by atoms with van der Waals surface area (Å²) in [5, 5.41) is 0. The van der Waals surface area contributed by atoms with E-state index in [1.165, 1.54) is 32.2 Å². The Balaban J connectivity index is 1.74. The fourth-order valence-corrected chi connectivity index (χ4v) is 2.57. The number of rotatable bonds is 2. The maximum absolute atomic E-state index is 6.09. The van der Waals surface area contributed by atoms with Crippen molar-refractivity contribution in [2.75, 3.05) is 26.2 Å². The van der Waals surface area contributed by atoms with Gasteiger partial charge in [0.25, 0.3) is 0 Å². The largest absolute Gasteiger partial charge is 0.377 e. The molecule has 3 atom stereocenters. The minimum Gasteiger partial charge on any atom is -0.377 e. The van der Waals surface area contributed by atoms with E-state index in [2.05, 4.69) is 11.8 Å². The van der Waals surface area contributed by atoms with Crippen LogP contribution in [0.5, 0.6) is 0 Å². The van der Waals surface area contributed by atoms with Gasteiger partial charge in [0.15, 0.2) is 0 Å². The molecule has 0 aromatic rings. The van der Waals surface area contributed by atoms with E-state index in [-0.39, 0.29) is 0 Å². The highest BCUT2D eigenvalue weighted by Gasteiger charge is 2.25. The van der Waals surface area contributed by atoms with Crippen molar-refractivity contribution in [2.24, 2.45) is 11.7 Å². The predicted molar refractivity (Wildman–Crippen MR) is 61.8 cm³/mol. The first-order valence-electron chi connectivity index (χ1n) is 6.35. The number of nitrogens with two attached hydrogens (primary N) is 1. The molecule has 0 spiro atoms. The normalized spacial score (nSPS) is 39.2. The zero-order chi connectivity index (χ0) is 10.7. The van der Waals surface area contributed by atoms with Gasteiger partial charge in [-0.1, -0.05) is 6.92 Å². The van der Waals surface area contributed by atoms with E-state index in [4.69, 9.17) is 10.5 Å². The van der Waals surface area contributed by atoms with Crippen LogP contribution >= 0.6 is 0 Å². The highest BCUT2D eigenvalue weighted by molar-refractivity contribution is 4.82. The molecule has 0 bridgehead atoms. The van der Waals surface area contributed by atoms with E-state index in [0.29, 0.717) is 18.1 Å². The van der Waals surface area contributed by atoms with Crippen LogP contribution in [0.2, 0.25) is 0 Å². The first-order valence-corrected chi connectivity index (χ1v) is 6.35. The van der Waals surface area contributed by atoms with Crippen molar-refractivity contribution in [3.63, 3.8) is 0 Å². The van der Waals surface area contributed by atoms with Gasteiger partial charge in [-0.2, -0.15) is 0 Å². The standard InChI is InChI=1S/C12H24N2O/c1-10-5-6-14(9-12(10)13)8-11-4-2-3-7-15-11/h10-12H,2-9,13H2,1H3. The van der Waals surface area contributed by atoms with E-state index < -0.39 is 0 Å². The fraction of sp³-hybridized carbons (Fsp3) is 1.00. The number of piperidine rings is 1. The second kappa shape index (κ2) is 5.28. The summed E-state index contributed by atoms with van der Waals surface area (Å²) in [6, 6.07) is 0.363. The SMILES string of the molecule is CC1CCN(CC2CCCCO2)CC1N. The predicted octanol–water partition coefficient (Wildman–Crippen LogP) is 1.22. The van der Waals surface area contributed by atoms with Crippen molar-refractivity contribution >= 4 is 0 Å². The first kappa shape index (κ1) is 11.4. The first-order chi connectivity index (χ1) is 7.25. The Hall–Kier alpha value is -0.120. The summed E-state index contributed by atoms with van der Waals surface area (Å²) in [6.45, 7) is 6.58. The summed E-state index contributed by atoms with van der Waals surface area (Å²) < 4.78 is 5.76. The third-order valence-electron chi connectivity index (χ3n) is 3.84. The second-order valence-corrected chi connectivity index (χ2v) is 5.18. The summed E-state index contributed by atoms with van der Waals surface area (Å²) in [5.74, 6) is 0.688. The molecule has 2 aliphatic heterocycles. The molecule has 2 N–H and O–H groups in total. The van der Waals surface area contributed by atoms with Gasteiger partial charge in [0.1, 0.15) is 0 Å². The number of likely N-dealkylation sites (tertiary alicyclic amines) is 1. The number of hydrogen-bond acceptors (Lipinski definition) is 3. The lowest BCUT2D eigenvalue weighted by Gasteiger charge is -2.37. The highest BCUT2D eigenvalue weighted by Crippen LogP contribution is 2.19. The lowest BCUT2D eigenvalue weighted by molar-refractivity contribution is -0.0125. The van der Waals surface area contributed by atoms with Gasteiger partial charge in [0.2, 0.25) is 0 Å². The molecule has 3 heteroatoms. The smallest absolute Gasteiger partial charge is 0.0702 e. The molecule has 0 radical (unpaired) electrons. The van der Waals surface area contributed by atoms with E-state index in [1.807, 2.05) is 0 Å². The summed E-state index contributed by atoms with van der Waals surface area (Å²) in [5.41, 5.74) is 6.09. The molecule has 3 nitrogen and oxygen atoms in total. The number of nitrogens with zero attached hydrogens (tertiary/aromatic N) is 1. The Morgan fingerprint density at radius 2 is 2.20 bits per heavy atom. The minimum atomic E-state index is 0.363. The van der Waals surface area contributed by atoms with E-state index in [0.717, 1.165) is 19.7 Å². The molecular weight excluding hydrogens is 188 g/mol. The van der Waals surface area contributed by atoms with Crippen LogP contribution in [0.1, 0.15) is 32.6 Å². The quantitative estimate of drug-likeness (QED) is 0.748. The lowest BCUT2D eigenvalue weighted by Crippen LogP contribution is -2.50. The van der Waals surface area contributed by atoms with Crippen molar-refractivity contribution in [1.82, 2.24) is 4.90 Å². The average Bonchev–Trinajstić information content (AvgIpc) is 2.25. The van der Waals surface area contributed by atoms with Crippen molar-refractivity contribution in [3.05, 3.63) is 0 Å². The average molecular weight is 212 g/mol. The van der Waals surface area contributed by atoms with E-state index in [9.17, 15) is 0 Å². The van der Waals surface area contributed by atoms with Crippen molar-refractivity contribution in [3.8, 4) is 0 Å². The molecule has 2 fully saturated rings. The topological polar surface area (TPSA) is 38.5 Å². The van der Waals surface area contributed by atoms with Crippen LogP contribution in [0.4, 0.5) is 0 Å². The highest BCUT2D eigenvalue weighted by atomic mass is 16.5. The zero-order valence-electron chi connectivity index (χ0n) is 9.82. The van der Waals surface area contributed by atoms with Crippen molar-refractivity contribution < 1.29 is 4.74 Å². The van der Waals surface area contributed by atoms with Crippen LogP contribution in [0.25, 0.3) is 0 Å². The number of hydrogen-bond donors (Lipinski definition) is 1. The molecule has 2 aliphatic rings. The van der Waals surface area contributed by atoms with Gasteiger partial charge in [-0.3, -0.25) is 4.90 Å². The Morgan fingerprint density at radius 1 is 1.33 bits per heavy atom. The van der Waals surface area contributed by atoms with Crippen LogP contribution in [-0.2, 0) is 4.74 Å². The molecule has 0 saturated carbocycles.